The maximum absolute atomic E-state index is 13.4. The highest BCUT2D eigenvalue weighted by atomic mass is 19.2. The lowest BCUT2D eigenvalue weighted by Crippen LogP contribution is -2.36. The minimum Gasteiger partial charge on any atom is -0.387 e. The second-order valence-corrected chi connectivity index (χ2v) is 7.67. The zero-order valence-electron chi connectivity index (χ0n) is 15.4. The standard InChI is InChI=1S/C19H25F2N3O2/c1-19(2,3)16(25)10-17(22)23-18(26)15-5-4-8-24(15)11-12-6-7-13(20)14(21)9-12/h6-7,9,15H,4-5,8,10-11H2,1-3H3,(H2,22,23,26). The zero-order chi connectivity index (χ0) is 19.5. The summed E-state index contributed by atoms with van der Waals surface area (Å²) in [4.78, 5) is 30.2. The third kappa shape index (κ3) is 5.17. The van der Waals surface area contributed by atoms with Crippen LogP contribution in [-0.4, -0.2) is 35.0 Å². The maximum Gasteiger partial charge on any atom is 0.264 e. The quantitative estimate of drug-likeness (QED) is 0.643. The summed E-state index contributed by atoms with van der Waals surface area (Å²) in [5, 5.41) is 0. The molecule has 0 bridgehead atoms. The van der Waals surface area contributed by atoms with Crippen LogP contribution in [0.25, 0.3) is 0 Å². The van der Waals surface area contributed by atoms with Crippen LogP contribution in [0.3, 0.4) is 0 Å². The molecule has 1 aromatic carbocycles. The second-order valence-electron chi connectivity index (χ2n) is 7.67. The van der Waals surface area contributed by atoms with Crippen molar-refractivity contribution in [3.05, 3.63) is 35.4 Å². The van der Waals surface area contributed by atoms with Gasteiger partial charge in [-0.05, 0) is 37.1 Å². The molecule has 0 aromatic heterocycles. The molecule has 2 N–H and O–H groups in total. The highest BCUT2D eigenvalue weighted by molar-refractivity contribution is 6.06. The van der Waals surface area contributed by atoms with E-state index in [0.717, 1.165) is 18.6 Å². The van der Waals surface area contributed by atoms with Crippen molar-refractivity contribution in [2.24, 2.45) is 16.1 Å². The Balaban J connectivity index is 2.04. The third-order valence-corrected chi connectivity index (χ3v) is 4.45. The minimum atomic E-state index is -0.910. The molecule has 0 saturated carbocycles. The minimum absolute atomic E-state index is 0.00889. The fraction of sp³-hybridized carbons (Fsp3) is 0.526. The van der Waals surface area contributed by atoms with Crippen molar-refractivity contribution in [1.82, 2.24) is 4.90 Å². The van der Waals surface area contributed by atoms with Gasteiger partial charge in [-0.2, -0.15) is 4.99 Å². The Labute approximate surface area is 152 Å². The predicted octanol–water partition coefficient (Wildman–Crippen LogP) is 2.82. The summed E-state index contributed by atoms with van der Waals surface area (Å²) >= 11 is 0. The van der Waals surface area contributed by atoms with Gasteiger partial charge in [0.05, 0.1) is 12.5 Å². The lowest BCUT2D eigenvalue weighted by atomic mass is 9.89. The molecule has 1 aliphatic rings. The van der Waals surface area contributed by atoms with E-state index in [1.54, 1.807) is 20.8 Å². The van der Waals surface area contributed by atoms with Crippen LogP contribution in [0.4, 0.5) is 8.78 Å². The van der Waals surface area contributed by atoms with Crippen molar-refractivity contribution in [1.29, 1.82) is 0 Å². The SMILES string of the molecule is CC(C)(C)C(=O)CC(N)=NC(=O)C1CCCN1Cc1ccc(F)c(F)c1. The number of benzene rings is 1. The number of nitrogens with two attached hydrogens (primary N) is 1. The van der Waals surface area contributed by atoms with Gasteiger partial charge >= 0.3 is 0 Å². The smallest absolute Gasteiger partial charge is 0.264 e. The number of likely N-dealkylation sites (tertiary alicyclic amines) is 1. The van der Waals surface area contributed by atoms with Gasteiger partial charge in [-0.3, -0.25) is 14.5 Å². The number of nitrogens with zero attached hydrogens (tertiary/aromatic N) is 2. The summed E-state index contributed by atoms with van der Waals surface area (Å²) in [5.74, 6) is -2.29. The summed E-state index contributed by atoms with van der Waals surface area (Å²) in [6.07, 6.45) is 1.36. The van der Waals surface area contributed by atoms with Crippen molar-refractivity contribution in [2.45, 2.75) is 52.6 Å². The van der Waals surface area contributed by atoms with Crippen LogP contribution in [0.15, 0.2) is 23.2 Å². The number of amides is 1. The molecule has 0 spiro atoms. The van der Waals surface area contributed by atoms with E-state index in [4.69, 9.17) is 5.73 Å². The molecule has 1 amide bonds. The molecular weight excluding hydrogens is 340 g/mol. The van der Waals surface area contributed by atoms with E-state index in [9.17, 15) is 18.4 Å². The molecule has 0 radical (unpaired) electrons. The number of halogens is 2. The van der Waals surface area contributed by atoms with Crippen LogP contribution in [0.1, 0.15) is 45.6 Å². The van der Waals surface area contributed by atoms with Gasteiger partial charge in [0.2, 0.25) is 0 Å². The van der Waals surface area contributed by atoms with Gasteiger partial charge in [0.25, 0.3) is 5.91 Å². The molecule has 1 atom stereocenters. The molecule has 1 aliphatic heterocycles. The van der Waals surface area contributed by atoms with Crippen molar-refractivity contribution >= 4 is 17.5 Å². The Bertz CT molecular complexity index is 726. The number of Topliss-reactive ketones (excluding diaryl/α,β-unsaturated/α-hetero) is 1. The maximum atomic E-state index is 13.4. The van der Waals surface area contributed by atoms with E-state index in [2.05, 4.69) is 4.99 Å². The molecule has 1 aromatic rings. The highest BCUT2D eigenvalue weighted by Crippen LogP contribution is 2.22. The van der Waals surface area contributed by atoms with E-state index < -0.39 is 29.0 Å². The zero-order valence-corrected chi connectivity index (χ0v) is 15.4. The molecule has 7 heteroatoms. The summed E-state index contributed by atoms with van der Waals surface area (Å²) < 4.78 is 26.4. The van der Waals surface area contributed by atoms with E-state index in [0.29, 0.717) is 25.1 Å². The molecule has 26 heavy (non-hydrogen) atoms. The Morgan fingerprint density at radius 2 is 1.96 bits per heavy atom. The van der Waals surface area contributed by atoms with Gasteiger partial charge in [-0.15, -0.1) is 0 Å². The molecular formula is C19H25F2N3O2. The van der Waals surface area contributed by atoms with Gasteiger partial charge < -0.3 is 5.73 Å². The molecule has 2 rings (SSSR count). The topological polar surface area (TPSA) is 75.8 Å². The van der Waals surface area contributed by atoms with Crippen molar-refractivity contribution in [3.63, 3.8) is 0 Å². The first-order valence-corrected chi connectivity index (χ1v) is 8.66. The lowest BCUT2D eigenvalue weighted by molar-refractivity contribution is -0.125. The van der Waals surface area contributed by atoms with Crippen LogP contribution in [0.2, 0.25) is 0 Å². The summed E-state index contributed by atoms with van der Waals surface area (Å²) in [5.41, 5.74) is 5.81. The van der Waals surface area contributed by atoms with Crippen LogP contribution in [-0.2, 0) is 16.1 Å². The van der Waals surface area contributed by atoms with Gasteiger partial charge in [0.1, 0.15) is 11.6 Å². The van der Waals surface area contributed by atoms with E-state index in [1.807, 2.05) is 4.90 Å². The number of carbonyl (C=O) groups is 2. The Morgan fingerprint density at radius 1 is 1.27 bits per heavy atom. The van der Waals surface area contributed by atoms with Crippen LogP contribution in [0, 0.1) is 17.0 Å². The van der Waals surface area contributed by atoms with Gasteiger partial charge in [-0.25, -0.2) is 8.78 Å². The Kier molecular flexibility index (Phi) is 6.23. The van der Waals surface area contributed by atoms with Crippen LogP contribution in [0.5, 0.6) is 0 Å². The monoisotopic (exact) mass is 365 g/mol. The first kappa shape index (κ1) is 20.2. The Hall–Kier alpha value is -2.15. The van der Waals surface area contributed by atoms with E-state index >= 15 is 0 Å². The number of hydrogen-bond acceptors (Lipinski definition) is 3. The molecule has 1 saturated heterocycles. The summed E-state index contributed by atoms with van der Waals surface area (Å²) in [6.45, 7) is 6.33. The number of ketones is 1. The molecule has 142 valence electrons. The molecule has 5 nitrogen and oxygen atoms in total. The van der Waals surface area contributed by atoms with Gasteiger partial charge in [0, 0.05) is 12.0 Å². The molecule has 1 heterocycles. The predicted molar refractivity (Wildman–Crippen MR) is 95.5 cm³/mol. The van der Waals surface area contributed by atoms with Crippen molar-refractivity contribution in [2.75, 3.05) is 6.54 Å². The highest BCUT2D eigenvalue weighted by Gasteiger charge is 2.31. The number of amidine groups is 1. The van der Waals surface area contributed by atoms with Crippen LogP contribution < -0.4 is 5.73 Å². The van der Waals surface area contributed by atoms with Gasteiger partial charge in [-0.1, -0.05) is 26.8 Å². The molecule has 1 unspecified atom stereocenters. The molecule has 0 aliphatic carbocycles. The van der Waals surface area contributed by atoms with Crippen molar-refractivity contribution < 1.29 is 18.4 Å². The third-order valence-electron chi connectivity index (χ3n) is 4.45. The number of rotatable bonds is 5. The largest absolute Gasteiger partial charge is 0.387 e. The van der Waals surface area contributed by atoms with E-state index in [-0.39, 0.29) is 18.0 Å². The Morgan fingerprint density at radius 3 is 2.58 bits per heavy atom. The summed E-state index contributed by atoms with van der Waals surface area (Å²) in [6, 6.07) is 3.24. The first-order chi connectivity index (χ1) is 12.1. The average Bonchev–Trinajstić information content (AvgIpc) is 2.98. The second kappa shape index (κ2) is 8.03. The normalized spacial score (nSPS) is 19.0. The fourth-order valence-electron chi connectivity index (χ4n) is 2.85. The van der Waals surface area contributed by atoms with Crippen molar-refractivity contribution in [3.8, 4) is 0 Å². The fourth-order valence-corrected chi connectivity index (χ4v) is 2.85. The van der Waals surface area contributed by atoms with Crippen LogP contribution >= 0.6 is 0 Å². The number of aliphatic imine (C=N–C) groups is 1. The van der Waals surface area contributed by atoms with Gasteiger partial charge in [0.15, 0.2) is 11.6 Å². The molecule has 1 fully saturated rings. The number of carbonyl (C=O) groups excluding carboxylic acids is 2. The van der Waals surface area contributed by atoms with E-state index in [1.165, 1.54) is 6.07 Å². The average molecular weight is 365 g/mol. The number of hydrogen-bond donors (Lipinski definition) is 1. The summed E-state index contributed by atoms with van der Waals surface area (Å²) in [7, 11) is 0. The lowest BCUT2D eigenvalue weighted by Gasteiger charge is -2.22. The first-order valence-electron chi connectivity index (χ1n) is 8.66.